The van der Waals surface area contributed by atoms with Gasteiger partial charge in [-0.25, -0.2) is 8.78 Å². The maximum Gasteiger partial charge on any atom is 0.146 e. The van der Waals surface area contributed by atoms with Gasteiger partial charge in [-0.1, -0.05) is 12.1 Å². The van der Waals surface area contributed by atoms with Crippen LogP contribution in [-0.4, -0.2) is 0 Å². The standard InChI is InChI=1S/C14H8BrF2NO/c15-11-5-6-12(16)10(14(11)17)8-19-13-4-2-1-3-9(13)7-18/h1-6H,8H2. The van der Waals surface area contributed by atoms with Gasteiger partial charge in [0.05, 0.1) is 15.6 Å². The zero-order chi connectivity index (χ0) is 13.8. The molecular formula is C14H8BrF2NO. The average Bonchev–Trinajstić information content (AvgIpc) is 2.43. The lowest BCUT2D eigenvalue weighted by Gasteiger charge is -2.10. The van der Waals surface area contributed by atoms with E-state index in [4.69, 9.17) is 10.00 Å². The van der Waals surface area contributed by atoms with Gasteiger partial charge in [0, 0.05) is 0 Å². The first-order valence-electron chi connectivity index (χ1n) is 5.37. The molecule has 0 unspecified atom stereocenters. The van der Waals surface area contributed by atoms with Crippen molar-refractivity contribution < 1.29 is 13.5 Å². The summed E-state index contributed by atoms with van der Waals surface area (Å²) in [7, 11) is 0. The van der Waals surface area contributed by atoms with E-state index in [1.165, 1.54) is 6.07 Å². The molecule has 2 nitrogen and oxygen atoms in total. The van der Waals surface area contributed by atoms with Crippen LogP contribution in [0.5, 0.6) is 5.75 Å². The zero-order valence-electron chi connectivity index (χ0n) is 9.66. The van der Waals surface area contributed by atoms with Gasteiger partial charge in [0.15, 0.2) is 0 Å². The Labute approximate surface area is 117 Å². The molecule has 0 N–H and O–H groups in total. The lowest BCUT2D eigenvalue weighted by molar-refractivity contribution is 0.291. The maximum atomic E-state index is 13.7. The Morgan fingerprint density at radius 2 is 1.89 bits per heavy atom. The lowest BCUT2D eigenvalue weighted by atomic mass is 10.2. The van der Waals surface area contributed by atoms with E-state index in [1.54, 1.807) is 24.3 Å². The van der Waals surface area contributed by atoms with Crippen molar-refractivity contribution in [1.82, 2.24) is 0 Å². The van der Waals surface area contributed by atoms with E-state index < -0.39 is 11.6 Å². The van der Waals surface area contributed by atoms with Crippen molar-refractivity contribution in [2.45, 2.75) is 6.61 Å². The van der Waals surface area contributed by atoms with Gasteiger partial charge in [0.25, 0.3) is 0 Å². The Bertz CT molecular complexity index is 652. The number of para-hydroxylation sites is 1. The summed E-state index contributed by atoms with van der Waals surface area (Å²) in [4.78, 5) is 0. The first kappa shape index (κ1) is 13.5. The summed E-state index contributed by atoms with van der Waals surface area (Å²) < 4.78 is 32.7. The highest BCUT2D eigenvalue weighted by atomic mass is 79.9. The van der Waals surface area contributed by atoms with Gasteiger partial charge < -0.3 is 4.74 Å². The number of halogens is 3. The Morgan fingerprint density at radius 1 is 1.16 bits per heavy atom. The highest BCUT2D eigenvalue weighted by Crippen LogP contribution is 2.24. The van der Waals surface area contributed by atoms with Crippen molar-refractivity contribution >= 4 is 15.9 Å². The van der Waals surface area contributed by atoms with E-state index in [9.17, 15) is 8.78 Å². The van der Waals surface area contributed by atoms with Gasteiger partial charge >= 0.3 is 0 Å². The van der Waals surface area contributed by atoms with Crippen LogP contribution >= 0.6 is 15.9 Å². The highest BCUT2D eigenvalue weighted by Gasteiger charge is 2.13. The Morgan fingerprint density at radius 3 is 2.63 bits per heavy atom. The average molecular weight is 324 g/mol. The summed E-state index contributed by atoms with van der Waals surface area (Å²) in [5.41, 5.74) is 0.139. The van der Waals surface area contributed by atoms with E-state index in [0.717, 1.165) is 6.07 Å². The van der Waals surface area contributed by atoms with E-state index in [0.29, 0.717) is 11.3 Å². The van der Waals surface area contributed by atoms with E-state index in [-0.39, 0.29) is 16.6 Å². The molecule has 0 aliphatic rings. The normalized spacial score (nSPS) is 10.0. The van der Waals surface area contributed by atoms with E-state index in [1.807, 2.05) is 6.07 Å². The van der Waals surface area contributed by atoms with E-state index in [2.05, 4.69) is 15.9 Å². The molecular weight excluding hydrogens is 316 g/mol. The predicted molar refractivity (Wildman–Crippen MR) is 69.5 cm³/mol. The number of nitrogens with zero attached hydrogens (tertiary/aromatic N) is 1. The quantitative estimate of drug-likeness (QED) is 0.794. The fourth-order valence-electron chi connectivity index (χ4n) is 1.54. The molecule has 0 fully saturated rings. The topological polar surface area (TPSA) is 33.0 Å². The molecule has 19 heavy (non-hydrogen) atoms. The molecule has 0 atom stereocenters. The lowest BCUT2D eigenvalue weighted by Crippen LogP contribution is -2.03. The SMILES string of the molecule is N#Cc1ccccc1OCc1c(F)ccc(Br)c1F. The van der Waals surface area contributed by atoms with Crippen LogP contribution in [0, 0.1) is 23.0 Å². The fraction of sp³-hybridized carbons (Fsp3) is 0.0714. The van der Waals surface area contributed by atoms with Crippen molar-refractivity contribution in [2.75, 3.05) is 0 Å². The first-order chi connectivity index (χ1) is 9.13. The Balaban J connectivity index is 2.25. The number of nitriles is 1. The van der Waals surface area contributed by atoms with Gasteiger partial charge in [-0.15, -0.1) is 0 Å². The second-order valence-electron chi connectivity index (χ2n) is 3.72. The Hall–Kier alpha value is -1.93. The number of ether oxygens (including phenoxy) is 1. The third kappa shape index (κ3) is 2.91. The zero-order valence-corrected chi connectivity index (χ0v) is 11.2. The van der Waals surface area contributed by atoms with Gasteiger partial charge in [-0.3, -0.25) is 0 Å². The summed E-state index contributed by atoms with van der Waals surface area (Å²) in [5.74, 6) is -1.09. The molecule has 2 aromatic rings. The summed E-state index contributed by atoms with van der Waals surface area (Å²) in [6, 6.07) is 10.9. The molecule has 0 heterocycles. The Kier molecular flexibility index (Phi) is 4.13. The van der Waals surface area contributed by atoms with Gasteiger partial charge in [0.1, 0.15) is 30.1 Å². The van der Waals surface area contributed by atoms with Crippen LogP contribution in [0.2, 0.25) is 0 Å². The van der Waals surface area contributed by atoms with Crippen LogP contribution in [-0.2, 0) is 6.61 Å². The van der Waals surface area contributed by atoms with Crippen LogP contribution in [0.4, 0.5) is 8.78 Å². The summed E-state index contributed by atoms with van der Waals surface area (Å²) >= 11 is 2.99. The van der Waals surface area contributed by atoms with Crippen LogP contribution < -0.4 is 4.74 Å². The minimum Gasteiger partial charge on any atom is -0.487 e. The van der Waals surface area contributed by atoms with Crippen molar-refractivity contribution in [2.24, 2.45) is 0 Å². The molecule has 2 aromatic carbocycles. The molecule has 96 valence electrons. The van der Waals surface area contributed by atoms with Crippen LogP contribution in [0.3, 0.4) is 0 Å². The second kappa shape index (κ2) is 5.81. The minimum atomic E-state index is -0.700. The van der Waals surface area contributed by atoms with E-state index >= 15 is 0 Å². The van der Waals surface area contributed by atoms with Crippen molar-refractivity contribution in [3.8, 4) is 11.8 Å². The third-order valence-electron chi connectivity index (χ3n) is 2.52. The van der Waals surface area contributed by atoms with Gasteiger partial charge in [0.2, 0.25) is 0 Å². The minimum absolute atomic E-state index is 0.168. The molecule has 0 spiro atoms. The largest absolute Gasteiger partial charge is 0.487 e. The third-order valence-corrected chi connectivity index (χ3v) is 3.13. The molecule has 0 saturated heterocycles. The molecule has 0 radical (unpaired) electrons. The molecule has 0 aliphatic heterocycles. The number of benzene rings is 2. The molecule has 0 amide bonds. The molecule has 0 bridgehead atoms. The molecule has 5 heteroatoms. The summed E-state index contributed by atoms with van der Waals surface area (Å²) in [6.07, 6.45) is 0. The maximum absolute atomic E-state index is 13.7. The monoisotopic (exact) mass is 323 g/mol. The van der Waals surface area contributed by atoms with Crippen molar-refractivity contribution in [3.05, 3.63) is 63.6 Å². The fourth-order valence-corrected chi connectivity index (χ4v) is 1.91. The summed E-state index contributed by atoms with van der Waals surface area (Å²) in [5, 5.41) is 8.88. The van der Waals surface area contributed by atoms with Crippen LogP contribution in [0.25, 0.3) is 0 Å². The number of rotatable bonds is 3. The van der Waals surface area contributed by atoms with Gasteiger partial charge in [-0.05, 0) is 40.2 Å². The first-order valence-corrected chi connectivity index (χ1v) is 6.17. The van der Waals surface area contributed by atoms with Gasteiger partial charge in [-0.2, -0.15) is 5.26 Å². The van der Waals surface area contributed by atoms with Crippen LogP contribution in [0.15, 0.2) is 40.9 Å². The number of hydrogen-bond donors (Lipinski definition) is 0. The summed E-state index contributed by atoms with van der Waals surface area (Å²) in [6.45, 7) is -0.282. The van der Waals surface area contributed by atoms with Crippen molar-refractivity contribution in [1.29, 1.82) is 5.26 Å². The highest BCUT2D eigenvalue weighted by molar-refractivity contribution is 9.10. The smallest absolute Gasteiger partial charge is 0.146 e. The van der Waals surface area contributed by atoms with Crippen LogP contribution in [0.1, 0.15) is 11.1 Å². The number of hydrogen-bond acceptors (Lipinski definition) is 2. The molecule has 0 aromatic heterocycles. The molecule has 0 saturated carbocycles. The predicted octanol–water partition coefficient (Wildman–Crippen LogP) is 4.18. The molecule has 2 rings (SSSR count). The van der Waals surface area contributed by atoms with Crippen molar-refractivity contribution in [3.63, 3.8) is 0 Å². The molecule has 0 aliphatic carbocycles. The second-order valence-corrected chi connectivity index (χ2v) is 4.57.